The molecule has 1 aromatic heterocycles. The van der Waals surface area contributed by atoms with E-state index in [-0.39, 0.29) is 5.69 Å². The number of aromatic nitrogens is 1. The molecule has 0 aliphatic carbocycles. The zero-order valence-corrected chi connectivity index (χ0v) is 12.1. The van der Waals surface area contributed by atoms with E-state index in [1.54, 1.807) is 18.2 Å². The molecule has 21 heavy (non-hydrogen) atoms. The third-order valence-electron chi connectivity index (χ3n) is 3.60. The Morgan fingerprint density at radius 2 is 2.10 bits per heavy atom. The maximum absolute atomic E-state index is 10.8. The van der Waals surface area contributed by atoms with Crippen LogP contribution in [-0.2, 0) is 7.05 Å². The molecule has 5 nitrogen and oxygen atoms in total. The second-order valence-corrected chi connectivity index (χ2v) is 4.86. The Hall–Kier alpha value is -2.87. The number of non-ortho nitro benzene ring substituents is 1. The zero-order valence-electron chi connectivity index (χ0n) is 12.1. The van der Waals surface area contributed by atoms with Crippen molar-refractivity contribution >= 4 is 17.3 Å². The van der Waals surface area contributed by atoms with Crippen molar-refractivity contribution in [1.82, 2.24) is 4.57 Å². The van der Waals surface area contributed by atoms with E-state index in [0.717, 1.165) is 17.0 Å². The summed E-state index contributed by atoms with van der Waals surface area (Å²) in [4.78, 5) is 10.4. The first-order valence-electron chi connectivity index (χ1n) is 6.43. The van der Waals surface area contributed by atoms with Gasteiger partial charge in [0.2, 0.25) is 0 Å². The Balaban J connectivity index is 2.51. The SMILES string of the molecule is Cc1cc(/C=C(/C#N)c2cccc([N+](=O)[O-])c2)c(C)n1C. The molecule has 0 fully saturated rings. The molecule has 0 spiro atoms. The van der Waals surface area contributed by atoms with Crippen molar-refractivity contribution in [3.63, 3.8) is 0 Å². The van der Waals surface area contributed by atoms with Gasteiger partial charge in [-0.1, -0.05) is 12.1 Å². The van der Waals surface area contributed by atoms with Crippen molar-refractivity contribution in [3.8, 4) is 6.07 Å². The summed E-state index contributed by atoms with van der Waals surface area (Å²) in [7, 11) is 1.96. The Labute approximate surface area is 122 Å². The fraction of sp³-hybridized carbons (Fsp3) is 0.188. The highest BCUT2D eigenvalue weighted by molar-refractivity contribution is 5.90. The lowest BCUT2D eigenvalue weighted by molar-refractivity contribution is -0.384. The van der Waals surface area contributed by atoms with Crippen molar-refractivity contribution < 1.29 is 4.92 Å². The predicted octanol–water partition coefficient (Wildman–Crippen LogP) is 3.61. The van der Waals surface area contributed by atoms with Gasteiger partial charge in [0, 0.05) is 30.6 Å². The van der Waals surface area contributed by atoms with Gasteiger partial charge in [0.1, 0.15) is 0 Å². The molecule has 1 heterocycles. The van der Waals surface area contributed by atoms with Gasteiger partial charge in [-0.3, -0.25) is 10.1 Å². The normalized spacial score (nSPS) is 11.2. The molecule has 0 bridgehead atoms. The maximum atomic E-state index is 10.8. The topological polar surface area (TPSA) is 71.9 Å². The van der Waals surface area contributed by atoms with E-state index < -0.39 is 4.92 Å². The number of hydrogen-bond donors (Lipinski definition) is 0. The fourth-order valence-corrected chi connectivity index (χ4v) is 2.15. The minimum absolute atomic E-state index is 0.0189. The van der Waals surface area contributed by atoms with Crippen molar-refractivity contribution in [3.05, 3.63) is 63.0 Å². The molecule has 0 aliphatic rings. The smallest absolute Gasteiger partial charge is 0.270 e. The molecular formula is C16H15N3O2. The Bertz CT molecular complexity index is 779. The molecule has 2 aromatic rings. The van der Waals surface area contributed by atoms with E-state index in [9.17, 15) is 15.4 Å². The molecule has 0 atom stereocenters. The van der Waals surface area contributed by atoms with Crippen LogP contribution in [0.1, 0.15) is 22.5 Å². The molecule has 1 aromatic carbocycles. The van der Waals surface area contributed by atoms with Crippen LogP contribution in [0, 0.1) is 35.3 Å². The zero-order chi connectivity index (χ0) is 15.6. The van der Waals surface area contributed by atoms with Crippen LogP contribution in [-0.4, -0.2) is 9.49 Å². The number of nitriles is 1. The first-order valence-corrected chi connectivity index (χ1v) is 6.43. The van der Waals surface area contributed by atoms with Crippen LogP contribution in [0.4, 0.5) is 5.69 Å². The fourth-order valence-electron chi connectivity index (χ4n) is 2.15. The highest BCUT2D eigenvalue weighted by Gasteiger charge is 2.10. The van der Waals surface area contributed by atoms with Crippen LogP contribution < -0.4 is 0 Å². The summed E-state index contributed by atoms with van der Waals surface area (Å²) in [5.41, 5.74) is 4.02. The van der Waals surface area contributed by atoms with E-state index in [4.69, 9.17) is 0 Å². The van der Waals surface area contributed by atoms with Crippen LogP contribution in [0.25, 0.3) is 11.6 Å². The maximum Gasteiger partial charge on any atom is 0.270 e. The van der Waals surface area contributed by atoms with Gasteiger partial charge in [0.15, 0.2) is 0 Å². The number of rotatable bonds is 3. The lowest BCUT2D eigenvalue weighted by Gasteiger charge is -2.01. The van der Waals surface area contributed by atoms with E-state index in [0.29, 0.717) is 11.1 Å². The summed E-state index contributed by atoms with van der Waals surface area (Å²) in [6, 6.07) is 10.2. The number of allylic oxidation sites excluding steroid dienone is 1. The molecule has 0 N–H and O–H groups in total. The van der Waals surface area contributed by atoms with Gasteiger partial charge in [-0.15, -0.1) is 0 Å². The van der Waals surface area contributed by atoms with E-state index in [1.165, 1.54) is 12.1 Å². The van der Waals surface area contributed by atoms with Gasteiger partial charge < -0.3 is 4.57 Å². The Morgan fingerprint density at radius 1 is 1.38 bits per heavy atom. The van der Waals surface area contributed by atoms with Gasteiger partial charge >= 0.3 is 0 Å². The van der Waals surface area contributed by atoms with Crippen molar-refractivity contribution in [2.24, 2.45) is 7.05 Å². The lowest BCUT2D eigenvalue weighted by atomic mass is 10.0. The first kappa shape index (κ1) is 14.5. The molecule has 0 aliphatic heterocycles. The third kappa shape index (κ3) is 2.84. The van der Waals surface area contributed by atoms with Gasteiger partial charge in [0.05, 0.1) is 16.6 Å². The van der Waals surface area contributed by atoms with Crippen LogP contribution >= 0.6 is 0 Å². The number of hydrogen-bond acceptors (Lipinski definition) is 3. The molecule has 106 valence electrons. The first-order chi connectivity index (χ1) is 9.93. The quantitative estimate of drug-likeness (QED) is 0.490. The molecule has 5 heteroatoms. The highest BCUT2D eigenvalue weighted by atomic mass is 16.6. The van der Waals surface area contributed by atoms with Gasteiger partial charge in [-0.2, -0.15) is 5.26 Å². The van der Waals surface area contributed by atoms with Crippen molar-refractivity contribution in [1.29, 1.82) is 5.26 Å². The monoisotopic (exact) mass is 281 g/mol. The van der Waals surface area contributed by atoms with Crippen LogP contribution in [0.3, 0.4) is 0 Å². The summed E-state index contributed by atoms with van der Waals surface area (Å²) in [6.07, 6.45) is 1.77. The molecule has 0 unspecified atom stereocenters. The molecule has 0 saturated heterocycles. The number of nitro groups is 1. The summed E-state index contributed by atoms with van der Waals surface area (Å²) in [5.74, 6) is 0. The van der Waals surface area contributed by atoms with Crippen molar-refractivity contribution in [2.45, 2.75) is 13.8 Å². The highest BCUT2D eigenvalue weighted by Crippen LogP contribution is 2.24. The standard InChI is InChI=1S/C16H15N3O2/c1-11-7-14(12(2)18(11)3)8-15(10-17)13-5-4-6-16(9-13)19(20)21/h4-9H,1-3H3/b15-8-. The number of nitrogens with zero attached hydrogens (tertiary/aromatic N) is 3. The molecule has 0 radical (unpaired) electrons. The summed E-state index contributed by atoms with van der Waals surface area (Å²) in [6.45, 7) is 3.96. The van der Waals surface area contributed by atoms with Gasteiger partial charge in [-0.25, -0.2) is 0 Å². The van der Waals surface area contributed by atoms with Crippen LogP contribution in [0.2, 0.25) is 0 Å². The molecule has 2 rings (SSSR count). The minimum Gasteiger partial charge on any atom is -0.352 e. The van der Waals surface area contributed by atoms with Crippen LogP contribution in [0.15, 0.2) is 30.3 Å². The number of nitro benzene ring substituents is 1. The molecule has 0 amide bonds. The summed E-state index contributed by atoms with van der Waals surface area (Å²) < 4.78 is 2.04. The average Bonchev–Trinajstić information content (AvgIpc) is 2.72. The van der Waals surface area contributed by atoms with Crippen molar-refractivity contribution in [2.75, 3.05) is 0 Å². The second kappa shape index (κ2) is 5.63. The summed E-state index contributed by atoms with van der Waals surface area (Å²) in [5, 5.41) is 20.2. The van der Waals surface area contributed by atoms with E-state index in [2.05, 4.69) is 6.07 Å². The van der Waals surface area contributed by atoms with Crippen LogP contribution in [0.5, 0.6) is 0 Å². The third-order valence-corrected chi connectivity index (χ3v) is 3.60. The molecular weight excluding hydrogens is 266 g/mol. The average molecular weight is 281 g/mol. The molecule has 0 saturated carbocycles. The Morgan fingerprint density at radius 3 is 2.62 bits per heavy atom. The van der Waals surface area contributed by atoms with Gasteiger partial charge in [-0.05, 0) is 37.1 Å². The largest absolute Gasteiger partial charge is 0.352 e. The number of aryl methyl sites for hydroxylation is 1. The van der Waals surface area contributed by atoms with E-state index >= 15 is 0 Å². The Kier molecular flexibility index (Phi) is 3.90. The second-order valence-electron chi connectivity index (χ2n) is 4.86. The minimum atomic E-state index is -0.462. The number of benzene rings is 1. The van der Waals surface area contributed by atoms with Gasteiger partial charge in [0.25, 0.3) is 5.69 Å². The van der Waals surface area contributed by atoms with E-state index in [1.807, 2.05) is 31.5 Å². The predicted molar refractivity (Wildman–Crippen MR) is 81.5 cm³/mol. The lowest BCUT2D eigenvalue weighted by Crippen LogP contribution is -1.93. The summed E-state index contributed by atoms with van der Waals surface area (Å²) >= 11 is 0.